The van der Waals surface area contributed by atoms with Crippen LogP contribution in [-0.2, 0) is 0 Å². The van der Waals surface area contributed by atoms with E-state index in [0.29, 0.717) is 0 Å². The molecule has 70 valence electrons. The van der Waals surface area contributed by atoms with E-state index < -0.39 is 0 Å². The molecule has 1 aromatic rings. The summed E-state index contributed by atoms with van der Waals surface area (Å²) in [5.74, 6) is 0. The zero-order chi connectivity index (χ0) is 9.94. The van der Waals surface area contributed by atoms with Crippen LogP contribution in [0.15, 0.2) is 43.0 Å². The predicted octanol–water partition coefficient (Wildman–Crippen LogP) is 2.94. The zero-order valence-corrected chi connectivity index (χ0v) is 8.44. The number of aromatic nitrogens is 2. The van der Waals surface area contributed by atoms with Crippen molar-refractivity contribution in [1.82, 2.24) is 9.97 Å². The maximum Gasteiger partial charge on any atom is 0.0283 e. The Labute approximate surface area is 80.0 Å². The first-order valence-corrected chi connectivity index (χ1v) is 4.44. The minimum atomic E-state index is 1.14. The van der Waals surface area contributed by atoms with Crippen molar-refractivity contribution in [3.63, 3.8) is 0 Å². The summed E-state index contributed by atoms with van der Waals surface area (Å²) in [6.07, 6.45) is 6.92. The fourth-order valence-corrected chi connectivity index (χ4v) is 0.614. The van der Waals surface area contributed by atoms with Crippen LogP contribution in [0.1, 0.15) is 19.4 Å². The Morgan fingerprint density at radius 1 is 0.846 bits per heavy atom. The van der Waals surface area contributed by atoms with Gasteiger partial charge < -0.3 is 0 Å². The SMILES string of the molecule is CC.Cc1ccncccncc1. The van der Waals surface area contributed by atoms with Crippen LogP contribution in [0.4, 0.5) is 0 Å². The van der Waals surface area contributed by atoms with Crippen molar-refractivity contribution < 1.29 is 0 Å². The van der Waals surface area contributed by atoms with Gasteiger partial charge in [-0.1, -0.05) is 13.8 Å². The van der Waals surface area contributed by atoms with Gasteiger partial charge in [0.05, 0.1) is 0 Å². The number of nitrogens with zero attached hydrogens (tertiary/aromatic N) is 2. The molecule has 0 spiro atoms. The van der Waals surface area contributed by atoms with Gasteiger partial charge in [-0.2, -0.15) is 0 Å². The summed E-state index contributed by atoms with van der Waals surface area (Å²) in [5.41, 5.74) is 1.14. The summed E-state index contributed by atoms with van der Waals surface area (Å²) in [4.78, 5) is 7.95. The first-order valence-electron chi connectivity index (χ1n) is 4.44. The fraction of sp³-hybridized carbons (Fsp3) is 0.273. The fourth-order valence-electron chi connectivity index (χ4n) is 0.614. The number of hydrogen-bond acceptors (Lipinski definition) is 2. The number of hydrogen-bond donors (Lipinski definition) is 0. The second kappa shape index (κ2) is 8.65. The van der Waals surface area contributed by atoms with Crippen molar-refractivity contribution in [1.29, 1.82) is 0 Å². The van der Waals surface area contributed by atoms with Crippen molar-refractivity contribution in [2.45, 2.75) is 20.8 Å². The first kappa shape index (κ1) is 11.6. The second-order valence-corrected chi connectivity index (χ2v) is 2.16. The maximum absolute atomic E-state index is 3.98. The van der Waals surface area contributed by atoms with Gasteiger partial charge in [-0.15, -0.1) is 0 Å². The molecule has 0 aromatic carbocycles. The third kappa shape index (κ3) is 6.94. The quantitative estimate of drug-likeness (QED) is 0.607. The summed E-state index contributed by atoms with van der Waals surface area (Å²) in [7, 11) is 0. The largest absolute Gasteiger partial charge is 0.265 e. The lowest BCUT2D eigenvalue weighted by Gasteiger charge is -1.79. The van der Waals surface area contributed by atoms with Crippen LogP contribution >= 0.6 is 0 Å². The standard InChI is InChI=1S/C9H10N2.C2H6/c1-9-3-7-10-5-2-6-11-8-4-9;1-2/h2-8H,1H3;1-2H3. The van der Waals surface area contributed by atoms with E-state index in [1.807, 2.05) is 32.9 Å². The van der Waals surface area contributed by atoms with Crippen molar-refractivity contribution in [3.8, 4) is 0 Å². The number of rotatable bonds is 0. The maximum atomic E-state index is 3.98. The highest BCUT2D eigenvalue weighted by Gasteiger charge is 1.70. The van der Waals surface area contributed by atoms with Crippen molar-refractivity contribution in [2.24, 2.45) is 0 Å². The molecule has 0 amide bonds. The van der Waals surface area contributed by atoms with Gasteiger partial charge in [0, 0.05) is 24.8 Å². The third-order valence-corrected chi connectivity index (χ3v) is 1.19. The van der Waals surface area contributed by atoms with Crippen LogP contribution in [0.3, 0.4) is 0 Å². The molecule has 0 saturated carbocycles. The van der Waals surface area contributed by atoms with E-state index in [1.165, 1.54) is 0 Å². The summed E-state index contributed by atoms with van der Waals surface area (Å²) in [6, 6.07) is 5.65. The van der Waals surface area contributed by atoms with Crippen LogP contribution in [0, 0.1) is 6.92 Å². The molecule has 0 saturated heterocycles. The van der Waals surface area contributed by atoms with E-state index in [2.05, 4.69) is 9.97 Å². The molecular weight excluding hydrogens is 160 g/mol. The predicted molar refractivity (Wildman–Crippen MR) is 55.7 cm³/mol. The molecule has 0 radical (unpaired) electrons. The lowest BCUT2D eigenvalue weighted by molar-refractivity contribution is 1.28. The van der Waals surface area contributed by atoms with E-state index in [0.717, 1.165) is 5.56 Å². The first-order chi connectivity index (χ1) is 6.39. The molecule has 2 heteroatoms. The summed E-state index contributed by atoms with van der Waals surface area (Å²) < 4.78 is 0. The van der Waals surface area contributed by atoms with Crippen LogP contribution in [0.25, 0.3) is 0 Å². The molecule has 1 aromatic heterocycles. The summed E-state index contributed by atoms with van der Waals surface area (Å²) in [5, 5.41) is 0. The van der Waals surface area contributed by atoms with E-state index >= 15 is 0 Å². The molecule has 2 nitrogen and oxygen atoms in total. The van der Waals surface area contributed by atoms with Crippen LogP contribution in [0.5, 0.6) is 0 Å². The molecule has 0 N–H and O–H groups in total. The van der Waals surface area contributed by atoms with Gasteiger partial charge in [0.1, 0.15) is 0 Å². The van der Waals surface area contributed by atoms with Gasteiger partial charge >= 0.3 is 0 Å². The molecule has 1 rings (SSSR count). The van der Waals surface area contributed by atoms with Crippen LogP contribution in [0.2, 0.25) is 0 Å². The molecular formula is C11H16N2. The van der Waals surface area contributed by atoms with Gasteiger partial charge in [0.25, 0.3) is 0 Å². The minimum Gasteiger partial charge on any atom is -0.265 e. The molecule has 0 aliphatic carbocycles. The van der Waals surface area contributed by atoms with Crippen molar-refractivity contribution in [3.05, 3.63) is 48.5 Å². The highest BCUT2D eigenvalue weighted by Crippen LogP contribution is 1.86. The molecule has 0 aliphatic rings. The van der Waals surface area contributed by atoms with Gasteiger partial charge in [0.15, 0.2) is 0 Å². The van der Waals surface area contributed by atoms with Gasteiger partial charge in [-0.25, -0.2) is 0 Å². The monoisotopic (exact) mass is 176 g/mol. The Morgan fingerprint density at radius 3 is 1.77 bits per heavy atom. The average molecular weight is 176 g/mol. The smallest absolute Gasteiger partial charge is 0.0283 e. The summed E-state index contributed by atoms with van der Waals surface area (Å²) in [6.45, 7) is 6.00. The Morgan fingerprint density at radius 2 is 1.31 bits per heavy atom. The molecule has 13 heavy (non-hydrogen) atoms. The lowest BCUT2D eigenvalue weighted by atomic mass is 10.3. The second-order valence-electron chi connectivity index (χ2n) is 2.16. The molecule has 0 aliphatic heterocycles. The molecule has 0 atom stereocenters. The van der Waals surface area contributed by atoms with E-state index in [-0.39, 0.29) is 0 Å². The Balaban J connectivity index is 0.000000671. The summed E-state index contributed by atoms with van der Waals surface area (Å²) >= 11 is 0. The topological polar surface area (TPSA) is 25.8 Å². The van der Waals surface area contributed by atoms with Gasteiger partial charge in [0.2, 0.25) is 0 Å². The third-order valence-electron chi connectivity index (χ3n) is 1.19. The molecule has 1 heterocycles. The Hall–Kier alpha value is -1.44. The highest BCUT2D eigenvalue weighted by molar-refractivity contribution is 5.03. The van der Waals surface area contributed by atoms with Gasteiger partial charge in [-0.05, 0) is 30.7 Å². The van der Waals surface area contributed by atoms with Crippen molar-refractivity contribution in [2.75, 3.05) is 0 Å². The zero-order valence-electron chi connectivity index (χ0n) is 8.44. The Bertz CT molecular complexity index is 245. The number of aryl methyl sites for hydroxylation is 1. The molecule has 0 bridgehead atoms. The van der Waals surface area contributed by atoms with Crippen molar-refractivity contribution >= 4 is 0 Å². The van der Waals surface area contributed by atoms with Crippen LogP contribution in [-0.4, -0.2) is 9.97 Å². The highest BCUT2D eigenvalue weighted by atomic mass is 14.6. The Kier molecular flexibility index (Phi) is 7.70. The van der Waals surface area contributed by atoms with E-state index in [9.17, 15) is 0 Å². The molecule has 0 fully saturated rings. The van der Waals surface area contributed by atoms with E-state index in [4.69, 9.17) is 0 Å². The van der Waals surface area contributed by atoms with Crippen LogP contribution < -0.4 is 0 Å². The normalized spacial score (nSPS) is 7.62. The van der Waals surface area contributed by atoms with E-state index in [1.54, 1.807) is 30.9 Å². The van der Waals surface area contributed by atoms with Gasteiger partial charge in [-0.3, -0.25) is 9.97 Å². The molecule has 0 unspecified atom stereocenters. The minimum absolute atomic E-state index is 1.14. The lowest BCUT2D eigenvalue weighted by Crippen LogP contribution is -1.66. The average Bonchev–Trinajstić information content (AvgIpc) is 2.19.